The minimum absolute atomic E-state index is 0.0504. The number of nitrogens with two attached hydrogens (primary N) is 1. The summed E-state index contributed by atoms with van der Waals surface area (Å²) >= 11 is 5.75. The quantitative estimate of drug-likeness (QED) is 0.908. The molecule has 2 atom stereocenters. The highest BCUT2D eigenvalue weighted by Gasteiger charge is 2.30. The molecule has 0 saturated carbocycles. The summed E-state index contributed by atoms with van der Waals surface area (Å²) in [7, 11) is 0. The van der Waals surface area contributed by atoms with Gasteiger partial charge >= 0.3 is 0 Å². The SMILES string of the molecule is NC(Cc1ccc(Cl)cc1F)C1Cc2ccccc21. The van der Waals surface area contributed by atoms with Crippen LogP contribution < -0.4 is 5.73 Å². The van der Waals surface area contributed by atoms with Crippen LogP contribution in [-0.2, 0) is 12.8 Å². The summed E-state index contributed by atoms with van der Waals surface area (Å²) in [6.07, 6.45) is 1.54. The van der Waals surface area contributed by atoms with Crippen molar-refractivity contribution in [2.24, 2.45) is 5.73 Å². The summed E-state index contributed by atoms with van der Waals surface area (Å²) < 4.78 is 13.8. The lowest BCUT2D eigenvalue weighted by atomic mass is 9.72. The van der Waals surface area contributed by atoms with Crippen LogP contribution in [0.1, 0.15) is 22.6 Å². The zero-order valence-corrected chi connectivity index (χ0v) is 11.2. The zero-order valence-electron chi connectivity index (χ0n) is 10.4. The highest BCUT2D eigenvalue weighted by Crippen LogP contribution is 2.37. The molecule has 0 saturated heterocycles. The lowest BCUT2D eigenvalue weighted by Crippen LogP contribution is -2.37. The Kier molecular flexibility index (Phi) is 3.29. The monoisotopic (exact) mass is 275 g/mol. The molecule has 2 N–H and O–H groups in total. The number of hydrogen-bond acceptors (Lipinski definition) is 1. The molecule has 2 aromatic carbocycles. The van der Waals surface area contributed by atoms with Gasteiger partial charge in [0.15, 0.2) is 0 Å². The fourth-order valence-corrected chi connectivity index (χ4v) is 2.92. The van der Waals surface area contributed by atoms with E-state index in [1.807, 2.05) is 12.1 Å². The topological polar surface area (TPSA) is 26.0 Å². The summed E-state index contributed by atoms with van der Waals surface area (Å²) in [6, 6.07) is 13.0. The van der Waals surface area contributed by atoms with Crippen molar-refractivity contribution in [2.45, 2.75) is 24.8 Å². The van der Waals surface area contributed by atoms with E-state index in [-0.39, 0.29) is 11.9 Å². The molecule has 19 heavy (non-hydrogen) atoms. The molecule has 0 aliphatic heterocycles. The number of halogens is 2. The molecule has 2 aromatic rings. The molecule has 0 heterocycles. The number of rotatable bonds is 3. The summed E-state index contributed by atoms with van der Waals surface area (Å²) in [4.78, 5) is 0. The summed E-state index contributed by atoms with van der Waals surface area (Å²) in [5, 5.41) is 0.420. The van der Waals surface area contributed by atoms with Crippen molar-refractivity contribution in [3.63, 3.8) is 0 Å². The fourth-order valence-electron chi connectivity index (χ4n) is 2.76. The van der Waals surface area contributed by atoms with Crippen LogP contribution in [0.15, 0.2) is 42.5 Å². The van der Waals surface area contributed by atoms with Crippen LogP contribution in [0.25, 0.3) is 0 Å². The summed E-state index contributed by atoms with van der Waals surface area (Å²) in [5.74, 6) is 0.0711. The predicted octanol–water partition coefficient (Wildman–Crippen LogP) is 3.69. The van der Waals surface area contributed by atoms with Gasteiger partial charge in [0.05, 0.1) is 0 Å². The minimum atomic E-state index is -0.268. The molecule has 0 spiro atoms. The first-order chi connectivity index (χ1) is 9.15. The normalized spacial score (nSPS) is 18.6. The van der Waals surface area contributed by atoms with Crippen molar-refractivity contribution in [1.29, 1.82) is 0 Å². The van der Waals surface area contributed by atoms with Gasteiger partial charge in [-0.05, 0) is 41.7 Å². The number of hydrogen-bond donors (Lipinski definition) is 1. The highest BCUT2D eigenvalue weighted by atomic mass is 35.5. The van der Waals surface area contributed by atoms with Crippen molar-refractivity contribution in [3.8, 4) is 0 Å². The second kappa shape index (κ2) is 4.95. The lowest BCUT2D eigenvalue weighted by molar-refractivity contribution is 0.472. The van der Waals surface area contributed by atoms with E-state index >= 15 is 0 Å². The Morgan fingerprint density at radius 1 is 1.26 bits per heavy atom. The van der Waals surface area contributed by atoms with E-state index in [0.29, 0.717) is 22.9 Å². The van der Waals surface area contributed by atoms with Crippen LogP contribution in [0, 0.1) is 5.82 Å². The van der Waals surface area contributed by atoms with Gasteiger partial charge in [0, 0.05) is 17.0 Å². The molecule has 1 aliphatic carbocycles. The maximum Gasteiger partial charge on any atom is 0.127 e. The molecule has 0 amide bonds. The average Bonchev–Trinajstić information content (AvgIpc) is 2.34. The maximum atomic E-state index is 13.8. The van der Waals surface area contributed by atoms with E-state index < -0.39 is 0 Å². The molecule has 0 fully saturated rings. The van der Waals surface area contributed by atoms with Gasteiger partial charge in [-0.25, -0.2) is 4.39 Å². The molecule has 98 valence electrons. The minimum Gasteiger partial charge on any atom is -0.327 e. The van der Waals surface area contributed by atoms with Crippen molar-refractivity contribution >= 4 is 11.6 Å². The van der Waals surface area contributed by atoms with Crippen molar-refractivity contribution < 1.29 is 4.39 Å². The van der Waals surface area contributed by atoms with Gasteiger partial charge in [0.25, 0.3) is 0 Å². The van der Waals surface area contributed by atoms with Gasteiger partial charge < -0.3 is 5.73 Å². The first-order valence-corrected chi connectivity index (χ1v) is 6.80. The largest absolute Gasteiger partial charge is 0.327 e. The number of fused-ring (bicyclic) bond motifs is 1. The smallest absolute Gasteiger partial charge is 0.127 e. The molecule has 3 heteroatoms. The van der Waals surface area contributed by atoms with Gasteiger partial charge in [-0.15, -0.1) is 0 Å². The first kappa shape index (κ1) is 12.6. The van der Waals surface area contributed by atoms with Crippen LogP contribution in [0.2, 0.25) is 5.02 Å². The third-order valence-corrected chi connectivity index (χ3v) is 4.12. The zero-order chi connectivity index (χ0) is 13.4. The fraction of sp³-hybridized carbons (Fsp3) is 0.250. The average molecular weight is 276 g/mol. The Morgan fingerprint density at radius 3 is 2.79 bits per heavy atom. The van der Waals surface area contributed by atoms with E-state index in [1.165, 1.54) is 17.2 Å². The first-order valence-electron chi connectivity index (χ1n) is 6.42. The predicted molar refractivity (Wildman–Crippen MR) is 76.0 cm³/mol. The van der Waals surface area contributed by atoms with E-state index in [4.69, 9.17) is 17.3 Å². The van der Waals surface area contributed by atoms with Crippen LogP contribution in [0.3, 0.4) is 0 Å². The summed E-state index contributed by atoms with van der Waals surface area (Å²) in [5.41, 5.74) is 9.54. The Labute approximate surface area is 117 Å². The van der Waals surface area contributed by atoms with Crippen LogP contribution >= 0.6 is 11.6 Å². The standard InChI is InChI=1S/C16H15ClFN/c17-12-6-5-11(15(18)9-12)8-16(19)14-7-10-3-1-2-4-13(10)14/h1-6,9,14,16H,7-8,19H2. The van der Waals surface area contributed by atoms with Gasteiger partial charge in [0.1, 0.15) is 5.82 Å². The van der Waals surface area contributed by atoms with Crippen LogP contribution in [0.5, 0.6) is 0 Å². The Morgan fingerprint density at radius 2 is 2.05 bits per heavy atom. The van der Waals surface area contributed by atoms with Gasteiger partial charge in [-0.2, -0.15) is 0 Å². The van der Waals surface area contributed by atoms with Gasteiger partial charge in [0.2, 0.25) is 0 Å². The molecule has 2 unspecified atom stereocenters. The maximum absolute atomic E-state index is 13.8. The Hall–Kier alpha value is -1.38. The van der Waals surface area contributed by atoms with Crippen molar-refractivity contribution in [2.75, 3.05) is 0 Å². The molecule has 3 rings (SSSR count). The van der Waals surface area contributed by atoms with E-state index in [1.54, 1.807) is 12.1 Å². The van der Waals surface area contributed by atoms with E-state index in [9.17, 15) is 4.39 Å². The lowest BCUT2D eigenvalue weighted by Gasteiger charge is -2.34. The van der Waals surface area contributed by atoms with Gasteiger partial charge in [-0.3, -0.25) is 0 Å². The van der Waals surface area contributed by atoms with E-state index in [2.05, 4.69) is 12.1 Å². The molecule has 1 aliphatic rings. The number of benzene rings is 2. The third kappa shape index (κ3) is 2.38. The van der Waals surface area contributed by atoms with Crippen LogP contribution in [0.4, 0.5) is 4.39 Å². The van der Waals surface area contributed by atoms with E-state index in [0.717, 1.165) is 6.42 Å². The molecular formula is C16H15ClFN. The Balaban J connectivity index is 1.75. The second-order valence-corrected chi connectivity index (χ2v) is 5.55. The van der Waals surface area contributed by atoms with Crippen molar-refractivity contribution in [1.82, 2.24) is 0 Å². The van der Waals surface area contributed by atoms with Crippen molar-refractivity contribution in [3.05, 3.63) is 70.0 Å². The molecule has 0 radical (unpaired) electrons. The molecular weight excluding hydrogens is 261 g/mol. The molecule has 0 bridgehead atoms. The summed E-state index contributed by atoms with van der Waals surface area (Å²) in [6.45, 7) is 0. The molecule has 1 nitrogen and oxygen atoms in total. The van der Waals surface area contributed by atoms with Gasteiger partial charge in [-0.1, -0.05) is 41.9 Å². The third-order valence-electron chi connectivity index (χ3n) is 3.88. The molecule has 0 aromatic heterocycles. The van der Waals surface area contributed by atoms with Crippen LogP contribution in [-0.4, -0.2) is 6.04 Å². The second-order valence-electron chi connectivity index (χ2n) is 5.11. The Bertz CT molecular complexity index is 611. The highest BCUT2D eigenvalue weighted by molar-refractivity contribution is 6.30.